The molecule has 0 aromatic carbocycles. The van der Waals surface area contributed by atoms with E-state index in [4.69, 9.17) is 22.7 Å². The minimum atomic E-state index is 0.380. The van der Waals surface area contributed by atoms with Gasteiger partial charge in [0.25, 0.3) is 0 Å². The summed E-state index contributed by atoms with van der Waals surface area (Å²) in [5.41, 5.74) is 7.34. The molecule has 1 fully saturated rings. The molecule has 2 rings (SSSR count). The van der Waals surface area contributed by atoms with Gasteiger partial charge in [-0.05, 0) is 39.4 Å². The molecule has 1 atom stereocenters. The van der Waals surface area contributed by atoms with Gasteiger partial charge in [0, 0.05) is 23.4 Å². The van der Waals surface area contributed by atoms with Gasteiger partial charge < -0.3 is 15.4 Å². The second-order valence-corrected chi connectivity index (χ2v) is 5.58. The highest BCUT2D eigenvalue weighted by Crippen LogP contribution is 2.17. The third kappa shape index (κ3) is 3.88. The number of piperidine rings is 1. The van der Waals surface area contributed by atoms with Gasteiger partial charge >= 0.3 is 0 Å². The van der Waals surface area contributed by atoms with E-state index in [1.807, 2.05) is 19.1 Å². The van der Waals surface area contributed by atoms with Crippen molar-refractivity contribution >= 4 is 17.2 Å². The topological polar surface area (TPSA) is 51.4 Å². The van der Waals surface area contributed by atoms with Crippen LogP contribution < -0.4 is 10.5 Å². The molecule has 104 valence electrons. The van der Waals surface area contributed by atoms with Crippen molar-refractivity contribution in [2.45, 2.75) is 32.2 Å². The highest BCUT2D eigenvalue weighted by atomic mass is 32.1. The van der Waals surface area contributed by atoms with Gasteiger partial charge in [-0.25, -0.2) is 4.98 Å². The number of ether oxygens (including phenoxy) is 1. The number of hydrogen-bond acceptors (Lipinski definition) is 4. The molecule has 1 aliphatic heterocycles. The number of aryl methyl sites for hydroxylation is 1. The number of nitrogens with two attached hydrogens (primary N) is 1. The van der Waals surface area contributed by atoms with E-state index in [1.54, 1.807) is 0 Å². The van der Waals surface area contributed by atoms with E-state index in [-0.39, 0.29) is 0 Å². The number of likely N-dealkylation sites (tertiary alicyclic amines) is 1. The van der Waals surface area contributed by atoms with Crippen LogP contribution in [0, 0.1) is 6.92 Å². The quantitative estimate of drug-likeness (QED) is 0.853. The lowest BCUT2D eigenvalue weighted by Crippen LogP contribution is -2.40. The molecule has 1 aliphatic rings. The van der Waals surface area contributed by atoms with Crippen LogP contribution in [0.15, 0.2) is 12.1 Å². The molecule has 5 heteroatoms. The van der Waals surface area contributed by atoms with Crippen LogP contribution in [-0.4, -0.2) is 41.1 Å². The lowest BCUT2D eigenvalue weighted by atomic mass is 10.0. The second-order valence-electron chi connectivity index (χ2n) is 5.14. The molecule has 4 nitrogen and oxygen atoms in total. The smallest absolute Gasteiger partial charge is 0.214 e. The van der Waals surface area contributed by atoms with Crippen LogP contribution in [0.1, 0.15) is 30.5 Å². The summed E-state index contributed by atoms with van der Waals surface area (Å²) >= 11 is 5.00. The summed E-state index contributed by atoms with van der Waals surface area (Å²) in [6.07, 6.45) is 3.74. The van der Waals surface area contributed by atoms with Gasteiger partial charge in [0.1, 0.15) is 11.6 Å². The summed E-state index contributed by atoms with van der Waals surface area (Å²) in [6, 6.07) is 4.17. The van der Waals surface area contributed by atoms with E-state index in [0.29, 0.717) is 23.5 Å². The Morgan fingerprint density at radius 3 is 3.00 bits per heavy atom. The molecule has 0 bridgehead atoms. The van der Waals surface area contributed by atoms with Gasteiger partial charge in [-0.3, -0.25) is 0 Å². The first-order valence-corrected chi connectivity index (χ1v) is 7.08. The van der Waals surface area contributed by atoms with Gasteiger partial charge in [0.15, 0.2) is 0 Å². The fourth-order valence-corrected chi connectivity index (χ4v) is 2.51. The molecule has 2 N–H and O–H groups in total. The maximum atomic E-state index is 5.82. The average molecular weight is 279 g/mol. The van der Waals surface area contributed by atoms with Crippen molar-refractivity contribution in [2.75, 3.05) is 20.2 Å². The normalized spacial score (nSPS) is 20.2. The molecule has 0 amide bonds. The number of aromatic nitrogens is 1. The Morgan fingerprint density at radius 2 is 2.32 bits per heavy atom. The van der Waals surface area contributed by atoms with Crippen molar-refractivity contribution in [1.29, 1.82) is 0 Å². The number of rotatable bonds is 4. The SMILES string of the molecule is Cc1cc(C(N)=S)cc(OCC2CCCCN2C)n1. The molecule has 0 spiro atoms. The molecule has 1 aromatic heterocycles. The first-order chi connectivity index (χ1) is 9.06. The Hall–Kier alpha value is -1.20. The van der Waals surface area contributed by atoms with E-state index >= 15 is 0 Å². The monoisotopic (exact) mass is 279 g/mol. The molecule has 0 saturated carbocycles. The predicted molar refractivity (Wildman–Crippen MR) is 80.6 cm³/mol. The number of nitrogens with zero attached hydrogens (tertiary/aromatic N) is 2. The van der Waals surface area contributed by atoms with Gasteiger partial charge in [0.05, 0.1) is 0 Å². The highest BCUT2D eigenvalue weighted by Gasteiger charge is 2.19. The van der Waals surface area contributed by atoms with Crippen LogP contribution in [0.2, 0.25) is 0 Å². The molecule has 1 aromatic rings. The van der Waals surface area contributed by atoms with Crippen molar-refractivity contribution < 1.29 is 4.74 Å². The number of pyridine rings is 1. The third-order valence-electron chi connectivity index (χ3n) is 3.56. The summed E-state index contributed by atoms with van der Waals surface area (Å²) in [5.74, 6) is 0.613. The molecular weight excluding hydrogens is 258 g/mol. The van der Waals surface area contributed by atoms with Crippen LogP contribution in [0.3, 0.4) is 0 Å². The molecule has 1 unspecified atom stereocenters. The molecule has 2 heterocycles. The Kier molecular flexibility index (Phi) is 4.71. The molecule has 0 aliphatic carbocycles. The Morgan fingerprint density at radius 1 is 1.53 bits per heavy atom. The fourth-order valence-electron chi connectivity index (χ4n) is 2.39. The Balaban J connectivity index is 2.00. The zero-order valence-corrected chi connectivity index (χ0v) is 12.4. The Bertz CT molecular complexity index is 464. The van der Waals surface area contributed by atoms with Crippen molar-refractivity contribution in [3.05, 3.63) is 23.4 Å². The maximum absolute atomic E-state index is 5.82. The first kappa shape index (κ1) is 14.2. The fraction of sp³-hybridized carbons (Fsp3) is 0.571. The van der Waals surface area contributed by atoms with Crippen molar-refractivity contribution in [3.8, 4) is 5.88 Å². The van der Waals surface area contributed by atoms with Crippen LogP contribution >= 0.6 is 12.2 Å². The van der Waals surface area contributed by atoms with Crippen LogP contribution in [0.25, 0.3) is 0 Å². The predicted octanol–water partition coefficient (Wildman–Crippen LogP) is 1.89. The minimum Gasteiger partial charge on any atom is -0.476 e. The number of thiocarbonyl (C=S) groups is 1. The Labute approximate surface area is 120 Å². The van der Waals surface area contributed by atoms with E-state index in [1.165, 1.54) is 19.3 Å². The van der Waals surface area contributed by atoms with Gasteiger partial charge in [-0.2, -0.15) is 0 Å². The summed E-state index contributed by atoms with van der Waals surface area (Å²) < 4.78 is 5.82. The highest BCUT2D eigenvalue weighted by molar-refractivity contribution is 7.80. The van der Waals surface area contributed by atoms with Crippen LogP contribution in [0.4, 0.5) is 0 Å². The lowest BCUT2D eigenvalue weighted by Gasteiger charge is -2.32. The summed E-state index contributed by atoms with van der Waals surface area (Å²) in [5, 5.41) is 0. The van der Waals surface area contributed by atoms with Crippen molar-refractivity contribution in [2.24, 2.45) is 5.73 Å². The number of hydrogen-bond donors (Lipinski definition) is 1. The van der Waals surface area contributed by atoms with Crippen molar-refractivity contribution in [3.63, 3.8) is 0 Å². The maximum Gasteiger partial charge on any atom is 0.214 e. The second kappa shape index (κ2) is 6.30. The van der Waals surface area contributed by atoms with Crippen molar-refractivity contribution in [1.82, 2.24) is 9.88 Å². The molecule has 0 radical (unpaired) electrons. The zero-order chi connectivity index (χ0) is 13.8. The van der Waals surface area contributed by atoms with E-state index in [0.717, 1.165) is 17.8 Å². The largest absolute Gasteiger partial charge is 0.476 e. The van der Waals surface area contributed by atoms with Gasteiger partial charge in [-0.15, -0.1) is 0 Å². The van der Waals surface area contributed by atoms with Crippen LogP contribution in [-0.2, 0) is 0 Å². The van der Waals surface area contributed by atoms with E-state index in [2.05, 4.69) is 16.9 Å². The van der Waals surface area contributed by atoms with E-state index in [9.17, 15) is 0 Å². The zero-order valence-electron chi connectivity index (χ0n) is 11.6. The van der Waals surface area contributed by atoms with Gasteiger partial charge in [-0.1, -0.05) is 18.6 Å². The molecule has 19 heavy (non-hydrogen) atoms. The molecular formula is C14H21N3OS. The average Bonchev–Trinajstić information content (AvgIpc) is 2.37. The van der Waals surface area contributed by atoms with Crippen LogP contribution in [0.5, 0.6) is 5.88 Å². The van der Waals surface area contributed by atoms with E-state index < -0.39 is 0 Å². The number of likely N-dealkylation sites (N-methyl/N-ethyl adjacent to an activating group) is 1. The van der Waals surface area contributed by atoms with Gasteiger partial charge in [0.2, 0.25) is 5.88 Å². The minimum absolute atomic E-state index is 0.380. The molecule has 1 saturated heterocycles. The third-order valence-corrected chi connectivity index (χ3v) is 3.80. The first-order valence-electron chi connectivity index (χ1n) is 6.68. The summed E-state index contributed by atoms with van der Waals surface area (Å²) in [7, 11) is 2.15. The standard InChI is InChI=1S/C14H21N3OS/c1-10-7-11(14(15)19)8-13(16-10)18-9-12-5-3-4-6-17(12)2/h7-8,12H,3-6,9H2,1-2H3,(H2,15,19). The summed E-state index contributed by atoms with van der Waals surface area (Å²) in [6.45, 7) is 3.73. The summed E-state index contributed by atoms with van der Waals surface area (Å²) in [4.78, 5) is 7.10. The lowest BCUT2D eigenvalue weighted by molar-refractivity contribution is 0.122.